The summed E-state index contributed by atoms with van der Waals surface area (Å²) in [7, 11) is 1.65. The van der Waals surface area contributed by atoms with Gasteiger partial charge in [0.2, 0.25) is 0 Å². The SMILES string of the molecule is COc1ccc(Cl)cc1C1CN1N. The first-order chi connectivity index (χ1) is 6.22. The first kappa shape index (κ1) is 8.81. The van der Waals surface area contributed by atoms with E-state index in [0.29, 0.717) is 0 Å². The highest BCUT2D eigenvalue weighted by molar-refractivity contribution is 6.30. The van der Waals surface area contributed by atoms with Crippen LogP contribution in [0.5, 0.6) is 5.75 Å². The Morgan fingerprint density at radius 1 is 1.62 bits per heavy atom. The zero-order valence-corrected chi connectivity index (χ0v) is 8.08. The Kier molecular flexibility index (Phi) is 2.15. The van der Waals surface area contributed by atoms with Gasteiger partial charge < -0.3 is 4.74 Å². The molecule has 0 spiro atoms. The number of methoxy groups -OCH3 is 1. The van der Waals surface area contributed by atoms with E-state index in [-0.39, 0.29) is 6.04 Å². The molecule has 1 aliphatic heterocycles. The van der Waals surface area contributed by atoms with Crippen molar-refractivity contribution in [1.82, 2.24) is 5.01 Å². The molecule has 0 bridgehead atoms. The van der Waals surface area contributed by atoms with Crippen molar-refractivity contribution >= 4 is 11.6 Å². The van der Waals surface area contributed by atoms with Crippen LogP contribution in [0.1, 0.15) is 11.6 Å². The van der Waals surface area contributed by atoms with Crippen LogP contribution in [0.3, 0.4) is 0 Å². The normalized spacial score (nSPS) is 25.8. The molecule has 13 heavy (non-hydrogen) atoms. The van der Waals surface area contributed by atoms with Crippen LogP contribution in [0.4, 0.5) is 0 Å². The van der Waals surface area contributed by atoms with E-state index in [1.807, 2.05) is 18.2 Å². The van der Waals surface area contributed by atoms with E-state index in [2.05, 4.69) is 0 Å². The monoisotopic (exact) mass is 198 g/mol. The van der Waals surface area contributed by atoms with Gasteiger partial charge in [-0.1, -0.05) is 11.6 Å². The molecule has 3 nitrogen and oxygen atoms in total. The lowest BCUT2D eigenvalue weighted by Gasteiger charge is -2.07. The predicted molar refractivity (Wildman–Crippen MR) is 51.6 cm³/mol. The molecule has 0 radical (unpaired) electrons. The Balaban J connectivity index is 2.35. The van der Waals surface area contributed by atoms with Gasteiger partial charge in [0.1, 0.15) is 5.75 Å². The fourth-order valence-corrected chi connectivity index (χ4v) is 1.58. The lowest BCUT2D eigenvalue weighted by atomic mass is 10.1. The minimum Gasteiger partial charge on any atom is -0.496 e. The maximum atomic E-state index is 5.88. The van der Waals surface area contributed by atoms with Crippen LogP contribution in [-0.2, 0) is 0 Å². The van der Waals surface area contributed by atoms with E-state index >= 15 is 0 Å². The molecule has 1 saturated heterocycles. The molecule has 70 valence electrons. The first-order valence-electron chi connectivity index (χ1n) is 4.07. The van der Waals surface area contributed by atoms with Crippen LogP contribution in [0.2, 0.25) is 5.02 Å². The van der Waals surface area contributed by atoms with Gasteiger partial charge in [-0.2, -0.15) is 0 Å². The third-order valence-corrected chi connectivity index (χ3v) is 2.44. The maximum absolute atomic E-state index is 5.88. The molecule has 0 aliphatic carbocycles. The average molecular weight is 199 g/mol. The largest absolute Gasteiger partial charge is 0.496 e. The van der Waals surface area contributed by atoms with Gasteiger partial charge in [-0.3, -0.25) is 5.84 Å². The number of nitrogens with zero attached hydrogens (tertiary/aromatic N) is 1. The molecule has 2 unspecified atom stereocenters. The lowest BCUT2D eigenvalue weighted by molar-refractivity contribution is 0.405. The zero-order chi connectivity index (χ0) is 9.42. The van der Waals surface area contributed by atoms with E-state index in [4.69, 9.17) is 22.2 Å². The molecule has 2 rings (SSSR count). The number of benzene rings is 1. The molecule has 1 aromatic carbocycles. The van der Waals surface area contributed by atoms with Crippen molar-refractivity contribution < 1.29 is 4.74 Å². The summed E-state index contributed by atoms with van der Waals surface area (Å²) in [5, 5.41) is 2.46. The second kappa shape index (κ2) is 3.18. The van der Waals surface area contributed by atoms with Crippen molar-refractivity contribution in [3.8, 4) is 5.75 Å². The summed E-state index contributed by atoms with van der Waals surface area (Å²) < 4.78 is 5.21. The Morgan fingerprint density at radius 2 is 2.31 bits per heavy atom. The van der Waals surface area contributed by atoms with Crippen molar-refractivity contribution in [3.05, 3.63) is 28.8 Å². The fourth-order valence-electron chi connectivity index (χ4n) is 1.40. The van der Waals surface area contributed by atoms with Gasteiger partial charge in [-0.25, -0.2) is 5.01 Å². The first-order valence-corrected chi connectivity index (χ1v) is 4.45. The fraction of sp³-hybridized carbons (Fsp3) is 0.333. The summed E-state index contributed by atoms with van der Waals surface area (Å²) >= 11 is 5.88. The van der Waals surface area contributed by atoms with Crippen LogP contribution < -0.4 is 10.6 Å². The molecule has 0 amide bonds. The quantitative estimate of drug-likeness (QED) is 0.579. The minimum absolute atomic E-state index is 0.272. The highest BCUT2D eigenvalue weighted by Gasteiger charge is 2.34. The van der Waals surface area contributed by atoms with Crippen molar-refractivity contribution in [2.45, 2.75) is 6.04 Å². The van der Waals surface area contributed by atoms with Gasteiger partial charge in [-0.15, -0.1) is 0 Å². The van der Waals surface area contributed by atoms with Gasteiger partial charge in [0.15, 0.2) is 0 Å². The molecular weight excluding hydrogens is 188 g/mol. The average Bonchev–Trinajstić information content (AvgIpc) is 2.82. The maximum Gasteiger partial charge on any atom is 0.123 e. The molecule has 4 heteroatoms. The second-order valence-corrected chi connectivity index (χ2v) is 3.54. The van der Waals surface area contributed by atoms with Gasteiger partial charge in [0.05, 0.1) is 13.2 Å². The van der Waals surface area contributed by atoms with Gasteiger partial charge >= 0.3 is 0 Å². The second-order valence-electron chi connectivity index (χ2n) is 3.10. The number of hydrogen-bond acceptors (Lipinski definition) is 3. The Hall–Kier alpha value is -0.770. The Labute approximate surface area is 82.0 Å². The molecule has 2 atom stereocenters. The summed E-state index contributed by atoms with van der Waals surface area (Å²) in [5.41, 5.74) is 1.07. The summed E-state index contributed by atoms with van der Waals surface area (Å²) in [6, 6.07) is 5.85. The smallest absolute Gasteiger partial charge is 0.123 e. The van der Waals surface area contributed by atoms with Crippen LogP contribution >= 0.6 is 11.6 Å². The Morgan fingerprint density at radius 3 is 2.85 bits per heavy atom. The highest BCUT2D eigenvalue weighted by atomic mass is 35.5. The molecule has 1 heterocycles. The van der Waals surface area contributed by atoms with Gasteiger partial charge in [0.25, 0.3) is 0 Å². The van der Waals surface area contributed by atoms with Crippen molar-refractivity contribution in [3.63, 3.8) is 0 Å². The van der Waals surface area contributed by atoms with E-state index in [1.165, 1.54) is 0 Å². The molecular formula is C9H11ClN2O. The summed E-state index contributed by atoms with van der Waals surface area (Å²) in [5.74, 6) is 6.46. The third kappa shape index (κ3) is 1.63. The number of nitrogens with two attached hydrogens (primary N) is 1. The molecule has 0 saturated carbocycles. The molecule has 1 aromatic rings. The topological polar surface area (TPSA) is 38.3 Å². The number of hydrazine groups is 1. The Bertz CT molecular complexity index is 329. The molecule has 1 fully saturated rings. The van der Waals surface area contributed by atoms with E-state index in [0.717, 1.165) is 22.9 Å². The highest BCUT2D eigenvalue weighted by Crippen LogP contribution is 2.38. The molecule has 0 aromatic heterocycles. The third-order valence-electron chi connectivity index (χ3n) is 2.20. The number of ether oxygens (including phenoxy) is 1. The van der Waals surface area contributed by atoms with Crippen LogP contribution in [0.15, 0.2) is 18.2 Å². The van der Waals surface area contributed by atoms with E-state index in [1.54, 1.807) is 12.1 Å². The zero-order valence-electron chi connectivity index (χ0n) is 7.33. The van der Waals surface area contributed by atoms with Crippen LogP contribution in [-0.4, -0.2) is 18.7 Å². The van der Waals surface area contributed by atoms with Crippen LogP contribution in [0, 0.1) is 0 Å². The standard InChI is InChI=1S/C9H11ClN2O/c1-13-9-3-2-6(10)4-7(9)8-5-12(8)11/h2-4,8H,5,11H2,1H3. The summed E-state index contributed by atoms with van der Waals surface area (Å²) in [6.45, 7) is 0.872. The van der Waals surface area contributed by atoms with E-state index < -0.39 is 0 Å². The molecule has 1 aliphatic rings. The predicted octanol–water partition coefficient (Wildman–Crippen LogP) is 1.58. The van der Waals surface area contributed by atoms with Gasteiger partial charge in [0, 0.05) is 17.1 Å². The van der Waals surface area contributed by atoms with Crippen molar-refractivity contribution in [2.24, 2.45) is 5.84 Å². The number of hydrogen-bond donors (Lipinski definition) is 1. The van der Waals surface area contributed by atoms with Crippen molar-refractivity contribution in [1.29, 1.82) is 0 Å². The van der Waals surface area contributed by atoms with Gasteiger partial charge in [-0.05, 0) is 18.2 Å². The lowest BCUT2D eigenvalue weighted by Crippen LogP contribution is -2.06. The van der Waals surface area contributed by atoms with Crippen LogP contribution in [0.25, 0.3) is 0 Å². The number of halogens is 1. The molecule has 2 N–H and O–H groups in total. The number of rotatable bonds is 2. The summed E-state index contributed by atoms with van der Waals surface area (Å²) in [4.78, 5) is 0. The summed E-state index contributed by atoms with van der Waals surface area (Å²) in [6.07, 6.45) is 0. The minimum atomic E-state index is 0.272. The van der Waals surface area contributed by atoms with Crippen molar-refractivity contribution in [2.75, 3.05) is 13.7 Å². The van der Waals surface area contributed by atoms with E-state index in [9.17, 15) is 0 Å².